The molecule has 0 spiro atoms. The van der Waals surface area contributed by atoms with Crippen LogP contribution in [0, 0.1) is 5.82 Å². The summed E-state index contributed by atoms with van der Waals surface area (Å²) in [6, 6.07) is 5.99. The van der Waals surface area contributed by atoms with E-state index in [9.17, 15) is 21.9 Å². The van der Waals surface area contributed by atoms with Gasteiger partial charge in [0, 0.05) is 12.7 Å². The maximum atomic E-state index is 13.7. The van der Waals surface area contributed by atoms with Gasteiger partial charge in [-0.1, -0.05) is 18.2 Å². The molecule has 0 bridgehead atoms. The van der Waals surface area contributed by atoms with Crippen molar-refractivity contribution in [3.8, 4) is 0 Å². The molecule has 1 atom stereocenters. The van der Waals surface area contributed by atoms with Crippen molar-refractivity contribution >= 4 is 15.1 Å². The van der Waals surface area contributed by atoms with Crippen LogP contribution in [-0.4, -0.2) is 27.9 Å². The number of ether oxygens (including phenoxy) is 1. The van der Waals surface area contributed by atoms with Crippen molar-refractivity contribution in [1.29, 1.82) is 0 Å². The van der Waals surface area contributed by atoms with Gasteiger partial charge in [-0.05, 0) is 19.9 Å². The predicted octanol–water partition coefficient (Wildman–Crippen LogP) is 4.62. The van der Waals surface area contributed by atoms with Gasteiger partial charge in [-0.15, -0.1) is 0 Å². The molecule has 10 heteroatoms. The molecule has 1 unspecified atom stereocenters. The maximum absolute atomic E-state index is 13.7. The van der Waals surface area contributed by atoms with Crippen LogP contribution in [0.2, 0.25) is 0 Å². The minimum atomic E-state index is -3.67. The van der Waals surface area contributed by atoms with E-state index in [4.69, 9.17) is 13.8 Å². The molecule has 0 heterocycles. The molecule has 0 aliphatic carbocycles. The summed E-state index contributed by atoms with van der Waals surface area (Å²) in [5.74, 6) is -1.55. The summed E-state index contributed by atoms with van der Waals surface area (Å²) in [5, 5.41) is 0. The summed E-state index contributed by atoms with van der Waals surface area (Å²) in [5.41, 5.74) is 0.172. The molecule has 0 saturated heterocycles. The summed E-state index contributed by atoms with van der Waals surface area (Å²) >= 11 is 0. The van der Waals surface area contributed by atoms with Crippen LogP contribution in [0.15, 0.2) is 24.3 Å². The molecule has 1 aromatic carbocycles. The lowest BCUT2D eigenvalue weighted by Gasteiger charge is -2.25. The first-order chi connectivity index (χ1) is 10.3. The van der Waals surface area contributed by atoms with Crippen LogP contribution in [0.4, 0.5) is 17.3 Å². The third kappa shape index (κ3) is 6.92. The third-order valence-electron chi connectivity index (χ3n) is 2.30. The lowest BCUT2D eigenvalue weighted by Crippen LogP contribution is -2.10. The molecule has 0 radical (unpaired) electrons. The van der Waals surface area contributed by atoms with Gasteiger partial charge in [0.05, 0.1) is 13.2 Å². The highest BCUT2D eigenvalue weighted by atomic mass is 31.2. The highest BCUT2D eigenvalue weighted by Gasteiger charge is 2.38. The Morgan fingerprint density at radius 1 is 1.14 bits per heavy atom. The van der Waals surface area contributed by atoms with Crippen molar-refractivity contribution in [2.75, 3.05) is 20.3 Å². The van der Waals surface area contributed by atoms with Crippen LogP contribution in [0.5, 0.6) is 0 Å². The van der Waals surface area contributed by atoms with Gasteiger partial charge in [0.15, 0.2) is 5.85 Å². The van der Waals surface area contributed by atoms with Gasteiger partial charge < -0.3 is 13.8 Å². The molecule has 4 nitrogen and oxygen atoms in total. The summed E-state index contributed by atoms with van der Waals surface area (Å²) < 4.78 is 70.8. The van der Waals surface area contributed by atoms with Gasteiger partial charge in [-0.25, -0.2) is 4.39 Å². The fraction of sp³-hybridized carbons (Fsp3) is 0.500. The number of hydrogen-bond donors (Lipinski definition) is 0. The highest BCUT2D eigenvalue weighted by Crippen LogP contribution is 2.61. The van der Waals surface area contributed by atoms with Gasteiger partial charge in [-0.2, -0.15) is 0 Å². The smallest absolute Gasteiger partial charge is 0.364 e. The Hall–Kier alpha value is -0.885. The number of halogens is 4. The van der Waals surface area contributed by atoms with E-state index in [2.05, 4.69) is 0 Å². The number of benzene rings is 1. The van der Waals surface area contributed by atoms with Gasteiger partial charge in [-0.3, -0.25) is 17.5 Å². The van der Waals surface area contributed by atoms with Gasteiger partial charge in [0.25, 0.3) is 0 Å². The molecule has 126 valence electrons. The van der Waals surface area contributed by atoms with Crippen molar-refractivity contribution in [3.63, 3.8) is 0 Å². The fourth-order valence-corrected chi connectivity index (χ4v) is 3.51. The second-order valence-electron chi connectivity index (χ2n) is 3.73. The Labute approximate surface area is 127 Å². The van der Waals surface area contributed by atoms with Gasteiger partial charge >= 0.3 is 15.1 Å². The van der Waals surface area contributed by atoms with Crippen molar-refractivity contribution < 1.29 is 35.7 Å². The van der Waals surface area contributed by atoms with Crippen molar-refractivity contribution in [1.82, 2.24) is 0 Å². The molecule has 0 aliphatic rings. The standard InChI is InChI=1S/C12H18FO4P.BF3/c1-4-16-18(14,17-5-2)12(15-3)10-8-6-7-9-11(10)13;2-1(3)4/h6-9,12H,4-5H2,1-3H3;. The average Bonchev–Trinajstić information content (AvgIpc) is 2.41. The first-order valence-electron chi connectivity index (χ1n) is 6.40. The largest absolute Gasteiger partial charge is 0.762 e. The molecule has 1 aromatic rings. The van der Waals surface area contributed by atoms with Crippen molar-refractivity contribution in [2.24, 2.45) is 0 Å². The van der Waals surface area contributed by atoms with E-state index in [0.717, 1.165) is 0 Å². The molecule has 0 saturated carbocycles. The van der Waals surface area contributed by atoms with E-state index in [-0.39, 0.29) is 18.8 Å². The summed E-state index contributed by atoms with van der Waals surface area (Å²) in [6.45, 7) is 3.79. The van der Waals surface area contributed by atoms with Crippen LogP contribution in [0.1, 0.15) is 25.3 Å². The molecule has 1 rings (SSSR count). The SMILES string of the molecule is CCOP(=O)(OCC)C(OC)c1ccccc1F.FB(F)F. The zero-order valence-corrected chi connectivity index (χ0v) is 13.4. The average molecular weight is 344 g/mol. The van der Waals surface area contributed by atoms with Crippen LogP contribution >= 0.6 is 7.60 Å². The second kappa shape index (κ2) is 10.8. The van der Waals surface area contributed by atoms with Crippen LogP contribution in [0.25, 0.3) is 0 Å². The zero-order chi connectivity index (χ0) is 17.2. The van der Waals surface area contributed by atoms with E-state index in [1.807, 2.05) is 0 Å². The topological polar surface area (TPSA) is 44.8 Å². The Balaban J connectivity index is 0.000000980. The Kier molecular flexibility index (Phi) is 10.3. The van der Waals surface area contributed by atoms with E-state index in [1.165, 1.54) is 19.2 Å². The van der Waals surface area contributed by atoms with Crippen molar-refractivity contribution in [3.05, 3.63) is 35.6 Å². The van der Waals surface area contributed by atoms with Crippen molar-refractivity contribution in [2.45, 2.75) is 19.7 Å². The van der Waals surface area contributed by atoms with Crippen LogP contribution in [0.3, 0.4) is 0 Å². The minimum Gasteiger partial charge on any atom is -0.364 e. The second-order valence-corrected chi connectivity index (χ2v) is 5.80. The molecule has 0 aromatic heterocycles. The van der Waals surface area contributed by atoms with Crippen LogP contribution < -0.4 is 0 Å². The lowest BCUT2D eigenvalue weighted by atomic mass is 10.2. The quantitative estimate of drug-likeness (QED) is 0.411. The summed E-state index contributed by atoms with van der Waals surface area (Å²) in [4.78, 5) is 0. The molecular weight excluding hydrogens is 326 g/mol. The van der Waals surface area contributed by atoms with E-state index in [0.29, 0.717) is 0 Å². The normalized spacial score (nSPS) is 12.3. The summed E-state index contributed by atoms with van der Waals surface area (Å²) in [7, 11) is -5.86. The lowest BCUT2D eigenvalue weighted by molar-refractivity contribution is 0.107. The Morgan fingerprint density at radius 2 is 1.59 bits per heavy atom. The highest BCUT2D eigenvalue weighted by molar-refractivity contribution is 7.54. The van der Waals surface area contributed by atoms with E-state index >= 15 is 0 Å². The maximum Gasteiger partial charge on any atom is 0.762 e. The van der Waals surface area contributed by atoms with Gasteiger partial charge in [0.1, 0.15) is 5.82 Å². The molecule has 0 N–H and O–H groups in total. The first kappa shape index (κ1) is 21.1. The number of hydrogen-bond acceptors (Lipinski definition) is 4. The minimum absolute atomic E-state index is 0.172. The summed E-state index contributed by atoms with van der Waals surface area (Å²) in [6.07, 6.45) is 0. The number of methoxy groups -OCH3 is 1. The molecule has 0 aliphatic heterocycles. The molecule has 0 amide bonds. The molecule has 0 fully saturated rings. The Bertz CT molecular complexity index is 465. The van der Waals surface area contributed by atoms with E-state index < -0.39 is 26.8 Å². The third-order valence-corrected chi connectivity index (χ3v) is 4.60. The first-order valence-corrected chi connectivity index (χ1v) is 8.01. The molecular formula is C12H18BF4O4P. The monoisotopic (exact) mass is 344 g/mol. The van der Waals surface area contributed by atoms with Gasteiger partial charge in [0.2, 0.25) is 0 Å². The van der Waals surface area contributed by atoms with E-state index in [1.54, 1.807) is 26.0 Å². The Morgan fingerprint density at radius 3 is 1.95 bits per heavy atom. The fourth-order valence-electron chi connectivity index (χ4n) is 1.63. The predicted molar refractivity (Wildman–Crippen MR) is 76.1 cm³/mol. The molecule has 22 heavy (non-hydrogen) atoms. The van der Waals surface area contributed by atoms with Crippen LogP contribution in [-0.2, 0) is 18.3 Å². The zero-order valence-electron chi connectivity index (χ0n) is 12.5. The number of rotatable bonds is 7.